The van der Waals surface area contributed by atoms with E-state index in [1.54, 1.807) is 6.26 Å². The lowest BCUT2D eigenvalue weighted by atomic mass is 10.3. The molecule has 0 atom stereocenters. The number of nitrogens with one attached hydrogen (secondary N) is 2. The van der Waals surface area contributed by atoms with Crippen LogP contribution >= 0.6 is 24.0 Å². The standard InChI is InChI=1S/C19H33N5O2.HI/c1-4-8-20-19(21-9-7-17-6-5-14-26-17)24-12-10-23(11-13-24)15-18(25)22-16(2)3;/h5-6,14,16H,4,7-13,15H2,1-3H3,(H,20,21)(H,22,25);1H. The topological polar surface area (TPSA) is 73.1 Å². The average molecular weight is 491 g/mol. The average Bonchev–Trinajstić information content (AvgIpc) is 3.11. The minimum Gasteiger partial charge on any atom is -0.469 e. The Morgan fingerprint density at radius 1 is 1.30 bits per heavy atom. The van der Waals surface area contributed by atoms with Crippen molar-refractivity contribution in [3.63, 3.8) is 0 Å². The zero-order valence-electron chi connectivity index (χ0n) is 16.7. The van der Waals surface area contributed by atoms with Gasteiger partial charge in [-0.2, -0.15) is 0 Å². The molecule has 0 aromatic carbocycles. The van der Waals surface area contributed by atoms with E-state index in [9.17, 15) is 4.79 Å². The molecule has 2 N–H and O–H groups in total. The molecule has 0 bridgehead atoms. The van der Waals surface area contributed by atoms with Gasteiger partial charge in [0.2, 0.25) is 5.91 Å². The van der Waals surface area contributed by atoms with Crippen LogP contribution in [0.1, 0.15) is 33.0 Å². The van der Waals surface area contributed by atoms with Crippen molar-refractivity contribution in [3.8, 4) is 0 Å². The number of carbonyl (C=O) groups is 1. The molecule has 1 aromatic rings. The number of nitrogens with zero attached hydrogens (tertiary/aromatic N) is 3. The molecule has 8 heteroatoms. The molecule has 2 rings (SSSR count). The summed E-state index contributed by atoms with van der Waals surface area (Å²) in [7, 11) is 0. The summed E-state index contributed by atoms with van der Waals surface area (Å²) < 4.78 is 5.38. The third kappa shape index (κ3) is 8.96. The van der Waals surface area contributed by atoms with Gasteiger partial charge in [-0.25, -0.2) is 0 Å². The first-order valence-electron chi connectivity index (χ1n) is 9.66. The minimum absolute atomic E-state index is 0. The predicted octanol–water partition coefficient (Wildman–Crippen LogP) is 1.94. The van der Waals surface area contributed by atoms with Crippen LogP contribution in [0.25, 0.3) is 0 Å². The van der Waals surface area contributed by atoms with Crippen molar-refractivity contribution < 1.29 is 9.21 Å². The number of hydrogen-bond acceptors (Lipinski definition) is 4. The summed E-state index contributed by atoms with van der Waals surface area (Å²) >= 11 is 0. The summed E-state index contributed by atoms with van der Waals surface area (Å²) in [6.45, 7) is 11.7. The second-order valence-corrected chi connectivity index (χ2v) is 6.95. The highest BCUT2D eigenvalue weighted by Crippen LogP contribution is 2.04. The molecule has 0 spiro atoms. The fourth-order valence-electron chi connectivity index (χ4n) is 2.93. The van der Waals surface area contributed by atoms with Gasteiger partial charge in [0, 0.05) is 51.7 Å². The smallest absolute Gasteiger partial charge is 0.234 e. The fraction of sp³-hybridized carbons (Fsp3) is 0.684. The van der Waals surface area contributed by atoms with Crippen LogP contribution < -0.4 is 10.6 Å². The summed E-state index contributed by atoms with van der Waals surface area (Å²) in [5.41, 5.74) is 0. The van der Waals surface area contributed by atoms with E-state index in [4.69, 9.17) is 9.41 Å². The van der Waals surface area contributed by atoms with Crippen LogP contribution in [0, 0.1) is 0 Å². The van der Waals surface area contributed by atoms with Gasteiger partial charge in [-0.15, -0.1) is 24.0 Å². The van der Waals surface area contributed by atoms with E-state index >= 15 is 0 Å². The number of carbonyl (C=O) groups excluding carboxylic acids is 1. The number of amides is 1. The summed E-state index contributed by atoms with van der Waals surface area (Å²) in [6.07, 6.45) is 3.57. The number of rotatable bonds is 8. The lowest BCUT2D eigenvalue weighted by Gasteiger charge is -2.36. The second-order valence-electron chi connectivity index (χ2n) is 6.95. The summed E-state index contributed by atoms with van der Waals surface area (Å²) in [4.78, 5) is 21.1. The molecule has 1 aliphatic rings. The van der Waals surface area contributed by atoms with Gasteiger partial charge in [0.25, 0.3) is 0 Å². The first kappa shape index (κ1) is 23.7. The predicted molar refractivity (Wildman–Crippen MR) is 120 cm³/mol. The van der Waals surface area contributed by atoms with E-state index in [1.807, 2.05) is 26.0 Å². The number of hydrogen-bond donors (Lipinski definition) is 2. The van der Waals surface area contributed by atoms with Crippen molar-refractivity contribution in [2.24, 2.45) is 4.99 Å². The Morgan fingerprint density at radius 3 is 2.63 bits per heavy atom. The van der Waals surface area contributed by atoms with Crippen LogP contribution in [0.5, 0.6) is 0 Å². The maximum absolute atomic E-state index is 11.9. The highest BCUT2D eigenvalue weighted by atomic mass is 127. The Hall–Kier alpha value is -1.29. The van der Waals surface area contributed by atoms with Crippen molar-refractivity contribution in [2.45, 2.75) is 39.7 Å². The maximum Gasteiger partial charge on any atom is 0.234 e. The highest BCUT2D eigenvalue weighted by Gasteiger charge is 2.21. The molecule has 1 fully saturated rings. The van der Waals surface area contributed by atoms with Gasteiger partial charge in [0.1, 0.15) is 5.76 Å². The van der Waals surface area contributed by atoms with Crippen molar-refractivity contribution in [1.29, 1.82) is 0 Å². The molecular weight excluding hydrogens is 457 g/mol. The molecule has 0 unspecified atom stereocenters. The number of halogens is 1. The Balaban J connectivity index is 0.00000364. The number of guanidine groups is 1. The minimum atomic E-state index is 0. The summed E-state index contributed by atoms with van der Waals surface area (Å²) in [5.74, 6) is 2.04. The van der Waals surface area contributed by atoms with Crippen LogP contribution in [-0.2, 0) is 11.2 Å². The van der Waals surface area contributed by atoms with E-state index in [2.05, 4.69) is 27.4 Å². The van der Waals surface area contributed by atoms with Crippen molar-refractivity contribution in [3.05, 3.63) is 24.2 Å². The van der Waals surface area contributed by atoms with Gasteiger partial charge in [-0.3, -0.25) is 14.7 Å². The Bertz CT molecular complexity index is 554. The first-order valence-corrected chi connectivity index (χ1v) is 9.66. The molecule has 1 aromatic heterocycles. The number of furan rings is 1. The van der Waals surface area contributed by atoms with E-state index in [1.165, 1.54) is 0 Å². The van der Waals surface area contributed by atoms with Crippen LogP contribution in [0.4, 0.5) is 0 Å². The van der Waals surface area contributed by atoms with Crippen LogP contribution in [0.2, 0.25) is 0 Å². The lowest BCUT2D eigenvalue weighted by Crippen LogP contribution is -2.54. The van der Waals surface area contributed by atoms with Crippen molar-refractivity contribution in [1.82, 2.24) is 20.4 Å². The Kier molecular flexibility index (Phi) is 11.4. The zero-order valence-corrected chi connectivity index (χ0v) is 19.1. The maximum atomic E-state index is 11.9. The van der Waals surface area contributed by atoms with Crippen LogP contribution in [0.15, 0.2) is 27.8 Å². The van der Waals surface area contributed by atoms with Crippen molar-refractivity contribution in [2.75, 3.05) is 45.8 Å². The fourth-order valence-corrected chi connectivity index (χ4v) is 2.93. The molecule has 154 valence electrons. The Labute approximate surface area is 180 Å². The van der Waals surface area contributed by atoms with Crippen LogP contribution in [0.3, 0.4) is 0 Å². The van der Waals surface area contributed by atoms with E-state index in [0.29, 0.717) is 6.54 Å². The normalized spacial score (nSPS) is 15.6. The summed E-state index contributed by atoms with van der Waals surface area (Å²) in [6, 6.07) is 4.09. The van der Waals surface area contributed by atoms with Gasteiger partial charge < -0.3 is 20.0 Å². The van der Waals surface area contributed by atoms with E-state index < -0.39 is 0 Å². The van der Waals surface area contributed by atoms with Gasteiger partial charge in [-0.1, -0.05) is 6.92 Å². The summed E-state index contributed by atoms with van der Waals surface area (Å²) in [5, 5.41) is 6.42. The molecule has 0 saturated carbocycles. The largest absolute Gasteiger partial charge is 0.469 e. The van der Waals surface area contributed by atoms with E-state index in [-0.39, 0.29) is 35.9 Å². The van der Waals surface area contributed by atoms with Crippen LogP contribution in [-0.4, -0.2) is 73.5 Å². The third-order valence-corrected chi connectivity index (χ3v) is 4.21. The second kappa shape index (κ2) is 13.0. The Morgan fingerprint density at radius 2 is 2.04 bits per heavy atom. The van der Waals surface area contributed by atoms with Gasteiger partial charge in [-0.05, 0) is 32.4 Å². The molecular formula is C19H34IN5O2. The van der Waals surface area contributed by atoms with E-state index in [0.717, 1.165) is 63.8 Å². The SMILES string of the molecule is CCCN=C(NCCc1ccco1)N1CCN(CC(=O)NC(C)C)CC1.I. The molecule has 0 radical (unpaired) electrons. The molecule has 7 nitrogen and oxygen atoms in total. The number of piperazine rings is 1. The third-order valence-electron chi connectivity index (χ3n) is 4.21. The molecule has 0 aliphatic carbocycles. The number of aliphatic imine (C=N–C) groups is 1. The molecule has 1 aliphatic heterocycles. The quantitative estimate of drug-likeness (QED) is 0.331. The zero-order chi connectivity index (χ0) is 18.8. The van der Waals surface area contributed by atoms with Gasteiger partial charge >= 0.3 is 0 Å². The first-order chi connectivity index (χ1) is 12.6. The van der Waals surface area contributed by atoms with Crippen molar-refractivity contribution >= 4 is 35.8 Å². The van der Waals surface area contributed by atoms with Gasteiger partial charge in [0.15, 0.2) is 5.96 Å². The van der Waals surface area contributed by atoms with Gasteiger partial charge in [0.05, 0.1) is 12.8 Å². The highest BCUT2D eigenvalue weighted by molar-refractivity contribution is 14.0. The molecule has 1 saturated heterocycles. The molecule has 1 amide bonds. The lowest BCUT2D eigenvalue weighted by molar-refractivity contribution is -0.123. The monoisotopic (exact) mass is 491 g/mol. The molecule has 2 heterocycles. The molecule has 27 heavy (non-hydrogen) atoms.